The van der Waals surface area contributed by atoms with E-state index < -0.39 is 0 Å². The Morgan fingerprint density at radius 2 is 0.786 bits per heavy atom. The minimum absolute atomic E-state index is 0.0115. The third-order valence-electron chi connectivity index (χ3n) is 12.2. The van der Waals surface area contributed by atoms with Gasteiger partial charge in [-0.15, -0.1) is 0 Å². The van der Waals surface area contributed by atoms with E-state index in [2.05, 4.69) is 52.0 Å². The van der Waals surface area contributed by atoms with Crippen molar-refractivity contribution in [3.8, 4) is 0 Å². The maximum atomic E-state index is 12.8. The summed E-state index contributed by atoms with van der Waals surface area (Å²) >= 11 is 0. The standard InChI is InChI=1S/C50H97N2O4/c1-6-10-13-16-21-28-36-47(9-4)55-49(53)39-31-24-19-26-33-41-51(43-35-44-52(5)45-46-52)42-34-27-20-25-32-40-50(54)56-48(37-29-22-17-14-11-7-2)38-30-23-18-15-12-8-3/h45-48H,6-44H2,1-5H3/q+1. The van der Waals surface area contributed by atoms with Gasteiger partial charge in [0, 0.05) is 25.8 Å². The number of carbonyl (C=O) groups is 2. The van der Waals surface area contributed by atoms with Gasteiger partial charge >= 0.3 is 11.9 Å². The van der Waals surface area contributed by atoms with Crippen LogP contribution in [0, 0.1) is 0 Å². The molecule has 1 aliphatic rings. The highest BCUT2D eigenvalue weighted by Gasteiger charge is 2.27. The van der Waals surface area contributed by atoms with Gasteiger partial charge in [0.2, 0.25) is 0 Å². The summed E-state index contributed by atoms with van der Waals surface area (Å²) in [5, 5.41) is 0. The van der Waals surface area contributed by atoms with E-state index in [1.165, 1.54) is 187 Å². The summed E-state index contributed by atoms with van der Waals surface area (Å²) in [7, 11) is 2.29. The van der Waals surface area contributed by atoms with Crippen LogP contribution in [0.1, 0.15) is 252 Å². The topological polar surface area (TPSA) is 55.8 Å². The van der Waals surface area contributed by atoms with Crippen molar-refractivity contribution < 1.29 is 23.5 Å². The number of hydrogen-bond donors (Lipinski definition) is 0. The summed E-state index contributed by atoms with van der Waals surface area (Å²) in [6.07, 6.45) is 46.0. The number of rotatable bonds is 44. The van der Waals surface area contributed by atoms with Crippen molar-refractivity contribution in [2.45, 2.75) is 265 Å². The first-order valence-corrected chi connectivity index (χ1v) is 25.0. The molecular formula is C50H97N2O4+. The van der Waals surface area contributed by atoms with Gasteiger partial charge < -0.3 is 14.4 Å². The van der Waals surface area contributed by atoms with Crippen LogP contribution in [0.4, 0.5) is 0 Å². The molecule has 0 radical (unpaired) electrons. The SMILES string of the molecule is CCCCCCCCC(CC)OC(=O)CCCCCCCN(CCCCCCCC(=O)OC(CCCCCCCC)CCCCCCCC)CCC[N+]1(C)C=C1. The molecule has 6 heteroatoms. The summed E-state index contributed by atoms with van der Waals surface area (Å²) in [6.45, 7) is 13.7. The second-order valence-electron chi connectivity index (χ2n) is 17.9. The third-order valence-corrected chi connectivity index (χ3v) is 12.2. The average Bonchev–Trinajstić information content (AvgIpc) is 3.93. The van der Waals surface area contributed by atoms with Gasteiger partial charge in [-0.3, -0.25) is 14.1 Å². The molecule has 56 heavy (non-hydrogen) atoms. The number of carbonyl (C=O) groups excluding carboxylic acids is 2. The van der Waals surface area contributed by atoms with Crippen LogP contribution in [0.5, 0.6) is 0 Å². The fraction of sp³-hybridized carbons (Fsp3) is 0.920. The van der Waals surface area contributed by atoms with Gasteiger partial charge in [-0.05, 0) is 83.7 Å². The Kier molecular flexibility index (Phi) is 35.6. The van der Waals surface area contributed by atoms with Gasteiger partial charge in [0.15, 0.2) is 12.4 Å². The molecule has 0 spiro atoms. The lowest BCUT2D eigenvalue weighted by Crippen LogP contribution is -2.30. The van der Waals surface area contributed by atoms with Crippen molar-refractivity contribution in [1.29, 1.82) is 0 Å². The van der Waals surface area contributed by atoms with Gasteiger partial charge in [0.25, 0.3) is 0 Å². The molecule has 0 aromatic heterocycles. The highest BCUT2D eigenvalue weighted by Crippen LogP contribution is 2.21. The number of esters is 2. The molecule has 1 atom stereocenters. The molecule has 0 amide bonds. The van der Waals surface area contributed by atoms with E-state index in [0.717, 1.165) is 55.8 Å². The molecule has 1 heterocycles. The van der Waals surface area contributed by atoms with Crippen LogP contribution in [0.3, 0.4) is 0 Å². The third kappa shape index (κ3) is 33.6. The van der Waals surface area contributed by atoms with Crippen molar-refractivity contribution in [3.63, 3.8) is 0 Å². The van der Waals surface area contributed by atoms with Crippen molar-refractivity contribution in [2.24, 2.45) is 0 Å². The van der Waals surface area contributed by atoms with Gasteiger partial charge in [-0.25, -0.2) is 0 Å². The predicted octanol–water partition coefficient (Wildman–Crippen LogP) is 14.8. The second-order valence-corrected chi connectivity index (χ2v) is 17.9. The molecule has 1 unspecified atom stereocenters. The van der Waals surface area contributed by atoms with Crippen LogP contribution in [-0.4, -0.2) is 66.8 Å². The zero-order valence-corrected chi connectivity index (χ0v) is 38.4. The molecule has 0 saturated carbocycles. The Morgan fingerprint density at radius 1 is 0.446 bits per heavy atom. The van der Waals surface area contributed by atoms with Crippen LogP contribution < -0.4 is 0 Å². The van der Waals surface area contributed by atoms with Crippen LogP contribution in [0.15, 0.2) is 12.4 Å². The molecule has 0 N–H and O–H groups in total. The predicted molar refractivity (Wildman–Crippen MR) is 241 cm³/mol. The Bertz CT molecular complexity index is 901. The van der Waals surface area contributed by atoms with Gasteiger partial charge in [0.05, 0.1) is 13.6 Å². The molecule has 6 nitrogen and oxygen atoms in total. The summed E-state index contributed by atoms with van der Waals surface area (Å²) in [5.74, 6) is 0.0525. The molecular weight excluding hydrogens is 693 g/mol. The number of hydrogen-bond acceptors (Lipinski definition) is 5. The maximum Gasteiger partial charge on any atom is 0.306 e. The van der Waals surface area contributed by atoms with Crippen molar-refractivity contribution in [3.05, 3.63) is 12.4 Å². The van der Waals surface area contributed by atoms with Crippen LogP contribution in [0.25, 0.3) is 0 Å². The molecule has 1 rings (SSSR count). The van der Waals surface area contributed by atoms with Crippen molar-refractivity contribution in [1.82, 2.24) is 4.90 Å². The molecule has 330 valence electrons. The lowest BCUT2D eigenvalue weighted by atomic mass is 10.0. The smallest absolute Gasteiger partial charge is 0.306 e. The van der Waals surface area contributed by atoms with Gasteiger partial charge in [-0.2, -0.15) is 0 Å². The number of quaternary nitrogens is 1. The van der Waals surface area contributed by atoms with Crippen molar-refractivity contribution >= 4 is 11.9 Å². The lowest BCUT2D eigenvalue weighted by molar-refractivity contribution is -0.745. The highest BCUT2D eigenvalue weighted by molar-refractivity contribution is 5.69. The van der Waals surface area contributed by atoms with E-state index in [0.29, 0.717) is 12.8 Å². The Labute approximate surface area is 349 Å². The van der Waals surface area contributed by atoms with Gasteiger partial charge in [0.1, 0.15) is 12.2 Å². The fourth-order valence-corrected chi connectivity index (χ4v) is 8.06. The van der Waals surface area contributed by atoms with E-state index >= 15 is 0 Å². The molecule has 0 aliphatic carbocycles. The Balaban J connectivity index is 2.25. The summed E-state index contributed by atoms with van der Waals surface area (Å²) in [6, 6.07) is 0. The second kappa shape index (κ2) is 37.8. The van der Waals surface area contributed by atoms with E-state index in [-0.39, 0.29) is 24.1 Å². The summed E-state index contributed by atoms with van der Waals surface area (Å²) in [4.78, 5) is 28.0. The number of ether oxygens (including phenoxy) is 2. The van der Waals surface area contributed by atoms with E-state index in [1.807, 2.05) is 0 Å². The molecule has 0 aromatic carbocycles. The zero-order valence-electron chi connectivity index (χ0n) is 38.4. The lowest BCUT2D eigenvalue weighted by Gasteiger charge is -2.23. The molecule has 1 aliphatic heterocycles. The quantitative estimate of drug-likeness (QED) is 0.0350. The van der Waals surface area contributed by atoms with E-state index in [1.54, 1.807) is 0 Å². The van der Waals surface area contributed by atoms with Crippen LogP contribution in [0.2, 0.25) is 0 Å². The maximum absolute atomic E-state index is 12.8. The molecule has 0 fully saturated rings. The normalized spacial score (nSPS) is 13.8. The van der Waals surface area contributed by atoms with Crippen LogP contribution >= 0.6 is 0 Å². The Hall–Kier alpha value is -1.40. The monoisotopic (exact) mass is 790 g/mol. The fourth-order valence-electron chi connectivity index (χ4n) is 8.06. The summed E-state index contributed by atoms with van der Waals surface area (Å²) < 4.78 is 12.9. The van der Waals surface area contributed by atoms with E-state index in [4.69, 9.17) is 9.47 Å². The first kappa shape index (κ1) is 52.6. The number of unbranched alkanes of at least 4 members (excludes halogenated alkanes) is 23. The number of nitrogens with zero attached hydrogens (tertiary/aromatic N) is 2. The van der Waals surface area contributed by atoms with E-state index in [9.17, 15) is 9.59 Å². The largest absolute Gasteiger partial charge is 0.462 e. The highest BCUT2D eigenvalue weighted by atomic mass is 16.5. The first-order chi connectivity index (χ1) is 27.4. The minimum atomic E-state index is 0.0115. The van der Waals surface area contributed by atoms with Crippen molar-refractivity contribution in [2.75, 3.05) is 33.2 Å². The summed E-state index contributed by atoms with van der Waals surface area (Å²) in [5.41, 5.74) is 0. The van der Waals surface area contributed by atoms with Crippen LogP contribution in [-0.2, 0) is 19.1 Å². The molecule has 0 saturated heterocycles. The first-order valence-electron chi connectivity index (χ1n) is 25.0. The molecule has 0 bridgehead atoms. The molecule has 0 aromatic rings. The van der Waals surface area contributed by atoms with Gasteiger partial charge in [-0.1, -0.05) is 163 Å². The minimum Gasteiger partial charge on any atom is -0.462 e. The zero-order chi connectivity index (χ0) is 40.8. The Morgan fingerprint density at radius 3 is 1.20 bits per heavy atom. The average molecular weight is 790 g/mol.